The number of hydrogen-bond donors (Lipinski definition) is 1. The van der Waals surface area contributed by atoms with Crippen molar-refractivity contribution >= 4 is 31.7 Å². The minimum atomic E-state index is -3.51. The lowest BCUT2D eigenvalue weighted by molar-refractivity contribution is 0.0641. The van der Waals surface area contributed by atoms with Crippen LogP contribution in [0.3, 0.4) is 0 Å². The van der Waals surface area contributed by atoms with Crippen LogP contribution >= 0.6 is 15.9 Å². The van der Waals surface area contributed by atoms with E-state index in [1.807, 2.05) is 6.07 Å². The number of benzene rings is 1. The average molecular weight is 446 g/mol. The van der Waals surface area contributed by atoms with Gasteiger partial charge in [-0.3, -0.25) is 4.79 Å². The van der Waals surface area contributed by atoms with Gasteiger partial charge in [0.1, 0.15) is 4.75 Å². The number of nitrogens with zero attached hydrogens (tertiary/aromatic N) is 3. The van der Waals surface area contributed by atoms with Crippen molar-refractivity contribution in [1.29, 1.82) is 0 Å². The van der Waals surface area contributed by atoms with Gasteiger partial charge in [-0.15, -0.1) is 10.2 Å². The normalized spacial score (nSPS) is 13.5. The van der Waals surface area contributed by atoms with Gasteiger partial charge in [-0.1, -0.05) is 28.1 Å². The summed E-state index contributed by atoms with van der Waals surface area (Å²) in [5.74, 6) is -1.10. The highest BCUT2D eigenvalue weighted by molar-refractivity contribution is 9.10. The molecule has 0 fully saturated rings. The van der Waals surface area contributed by atoms with Crippen molar-refractivity contribution in [1.82, 2.24) is 15.1 Å². The van der Waals surface area contributed by atoms with Gasteiger partial charge < -0.3 is 14.4 Å². The van der Waals surface area contributed by atoms with Gasteiger partial charge in [0.2, 0.25) is 5.89 Å². The van der Waals surface area contributed by atoms with E-state index in [4.69, 9.17) is 4.42 Å². The number of aliphatic hydroxyl groups is 1. The molecule has 10 heteroatoms. The third kappa shape index (κ3) is 4.30. The summed E-state index contributed by atoms with van der Waals surface area (Å²) in [5, 5.41) is 17.6. The van der Waals surface area contributed by atoms with Gasteiger partial charge >= 0.3 is 11.8 Å². The number of aliphatic hydroxyl groups excluding tert-OH is 1. The lowest BCUT2D eigenvalue weighted by Gasteiger charge is -2.20. The van der Waals surface area contributed by atoms with E-state index in [2.05, 4.69) is 26.1 Å². The largest absolute Gasteiger partial charge is 0.415 e. The maximum absolute atomic E-state index is 12.4. The molecule has 8 nitrogen and oxygen atoms in total. The van der Waals surface area contributed by atoms with Gasteiger partial charge in [0.05, 0.1) is 12.6 Å². The van der Waals surface area contributed by atoms with Gasteiger partial charge in [-0.05, 0) is 31.5 Å². The molecule has 2 aromatic rings. The lowest BCUT2D eigenvalue weighted by atomic mass is 10.1. The molecule has 142 valence electrons. The smallest absolute Gasteiger partial charge is 0.311 e. The van der Waals surface area contributed by atoms with E-state index in [1.165, 1.54) is 25.8 Å². The zero-order valence-electron chi connectivity index (χ0n) is 14.8. The highest BCUT2D eigenvalue weighted by Crippen LogP contribution is 2.28. The molecule has 1 N–H and O–H groups in total. The molecule has 0 saturated heterocycles. The Bertz CT molecular complexity index is 910. The van der Waals surface area contributed by atoms with Crippen LogP contribution in [0.1, 0.15) is 42.1 Å². The summed E-state index contributed by atoms with van der Waals surface area (Å²) in [5.41, 5.74) is 0.642. The Hall–Kier alpha value is -1.78. The molecule has 0 aliphatic carbocycles. The standard InChI is InChI=1S/C16H20BrN3O5S/c1-16(2,26(4,23)24)15-19-18-13(25-15)14(22)20(3)9-12(21)10-6-5-7-11(17)8-10/h5-8,12,21H,9H2,1-4H3. The second kappa shape index (κ2) is 7.45. The molecule has 1 atom stereocenters. The summed E-state index contributed by atoms with van der Waals surface area (Å²) in [4.78, 5) is 13.7. The van der Waals surface area contributed by atoms with E-state index in [0.717, 1.165) is 10.7 Å². The van der Waals surface area contributed by atoms with Crippen LogP contribution in [0.25, 0.3) is 0 Å². The van der Waals surface area contributed by atoms with Crippen LogP contribution in [0.4, 0.5) is 0 Å². The van der Waals surface area contributed by atoms with E-state index in [1.54, 1.807) is 18.2 Å². The molecule has 26 heavy (non-hydrogen) atoms. The molecule has 1 aromatic carbocycles. The van der Waals surface area contributed by atoms with Crippen molar-refractivity contribution in [2.45, 2.75) is 24.7 Å². The van der Waals surface area contributed by atoms with Crippen LogP contribution in [-0.2, 0) is 14.6 Å². The monoisotopic (exact) mass is 445 g/mol. The maximum Gasteiger partial charge on any atom is 0.311 e. The highest BCUT2D eigenvalue weighted by atomic mass is 79.9. The van der Waals surface area contributed by atoms with E-state index in [0.29, 0.717) is 5.56 Å². The first-order chi connectivity index (χ1) is 11.9. The van der Waals surface area contributed by atoms with Crippen LogP contribution in [0, 0.1) is 0 Å². The molecule has 0 spiro atoms. The number of rotatable bonds is 6. The summed E-state index contributed by atoms with van der Waals surface area (Å²) < 4.78 is 28.4. The van der Waals surface area contributed by atoms with Crippen molar-refractivity contribution < 1.29 is 22.7 Å². The molecule has 2 rings (SSSR count). The Morgan fingerprint density at radius 3 is 2.62 bits per heavy atom. The second-order valence-electron chi connectivity index (χ2n) is 6.45. The summed E-state index contributed by atoms with van der Waals surface area (Å²) in [6.07, 6.45) is 0.149. The fourth-order valence-corrected chi connectivity index (χ4v) is 2.85. The minimum Gasteiger partial charge on any atom is -0.415 e. The predicted octanol–water partition coefficient (Wildman–Crippen LogP) is 1.92. The number of sulfone groups is 1. The van der Waals surface area contributed by atoms with Crippen LogP contribution in [0.2, 0.25) is 0 Å². The summed E-state index contributed by atoms with van der Waals surface area (Å²) >= 11 is 3.33. The van der Waals surface area contributed by atoms with Crippen molar-refractivity contribution in [3.05, 3.63) is 46.1 Å². The van der Waals surface area contributed by atoms with E-state index >= 15 is 0 Å². The summed E-state index contributed by atoms with van der Waals surface area (Å²) in [6.45, 7) is 2.85. The van der Waals surface area contributed by atoms with E-state index in [9.17, 15) is 18.3 Å². The molecule has 0 saturated carbocycles. The highest BCUT2D eigenvalue weighted by Gasteiger charge is 2.39. The van der Waals surface area contributed by atoms with Gasteiger partial charge in [0.15, 0.2) is 9.84 Å². The van der Waals surface area contributed by atoms with Crippen LogP contribution < -0.4 is 0 Å². The number of hydrogen-bond acceptors (Lipinski definition) is 7. The Morgan fingerprint density at radius 2 is 2.04 bits per heavy atom. The number of aromatic nitrogens is 2. The topological polar surface area (TPSA) is 114 Å². The first-order valence-electron chi connectivity index (χ1n) is 7.66. The molecular weight excluding hydrogens is 426 g/mol. The van der Waals surface area contributed by atoms with Gasteiger partial charge in [0, 0.05) is 17.8 Å². The molecule has 0 aliphatic rings. The zero-order chi connectivity index (χ0) is 19.7. The van der Waals surface area contributed by atoms with E-state index < -0.39 is 26.6 Å². The molecule has 1 amide bonds. The Labute approximate surface area is 160 Å². The Morgan fingerprint density at radius 1 is 1.38 bits per heavy atom. The number of halogens is 1. The molecule has 1 unspecified atom stereocenters. The number of likely N-dealkylation sites (N-methyl/N-ethyl adjacent to an activating group) is 1. The quantitative estimate of drug-likeness (QED) is 0.721. The average Bonchev–Trinajstić information content (AvgIpc) is 3.03. The van der Waals surface area contributed by atoms with Gasteiger partial charge in [0.25, 0.3) is 0 Å². The Balaban J connectivity index is 2.14. The fraction of sp³-hybridized carbons (Fsp3) is 0.438. The van der Waals surface area contributed by atoms with Crippen LogP contribution in [0.5, 0.6) is 0 Å². The Kier molecular flexibility index (Phi) is 5.89. The number of carbonyl (C=O) groups is 1. The molecule has 0 aliphatic heterocycles. The molecular formula is C16H20BrN3O5S. The fourth-order valence-electron chi connectivity index (χ4n) is 2.04. The SMILES string of the molecule is CN(CC(O)c1cccc(Br)c1)C(=O)c1nnc(C(C)(C)S(C)(=O)=O)o1. The van der Waals surface area contributed by atoms with Crippen molar-refractivity contribution in [2.24, 2.45) is 0 Å². The zero-order valence-corrected chi connectivity index (χ0v) is 17.2. The lowest BCUT2D eigenvalue weighted by Crippen LogP contribution is -2.31. The number of amides is 1. The molecule has 1 aromatic heterocycles. The van der Waals surface area contributed by atoms with Crippen molar-refractivity contribution in [3.8, 4) is 0 Å². The van der Waals surface area contributed by atoms with Crippen LogP contribution in [-0.4, -0.2) is 54.4 Å². The molecule has 0 radical (unpaired) electrons. The third-order valence-corrected chi connectivity index (χ3v) is 6.60. The summed E-state index contributed by atoms with van der Waals surface area (Å²) in [6, 6.07) is 7.10. The molecule has 0 bridgehead atoms. The first kappa shape index (κ1) is 20.5. The van der Waals surface area contributed by atoms with Crippen molar-refractivity contribution in [2.75, 3.05) is 19.8 Å². The summed E-state index contributed by atoms with van der Waals surface area (Å²) in [7, 11) is -2.03. The van der Waals surface area contributed by atoms with E-state index in [-0.39, 0.29) is 18.3 Å². The second-order valence-corrected chi connectivity index (χ2v) is 9.93. The number of carbonyl (C=O) groups excluding carboxylic acids is 1. The van der Waals surface area contributed by atoms with Crippen LogP contribution in [0.15, 0.2) is 33.2 Å². The van der Waals surface area contributed by atoms with Crippen molar-refractivity contribution in [3.63, 3.8) is 0 Å². The van der Waals surface area contributed by atoms with Gasteiger partial charge in [-0.25, -0.2) is 8.42 Å². The first-order valence-corrected chi connectivity index (χ1v) is 10.3. The minimum absolute atomic E-state index is 0.00245. The third-order valence-electron chi connectivity index (χ3n) is 4.08. The maximum atomic E-state index is 12.4. The predicted molar refractivity (Wildman–Crippen MR) is 98.2 cm³/mol. The molecule has 1 heterocycles. The van der Waals surface area contributed by atoms with Gasteiger partial charge in [-0.2, -0.15) is 0 Å².